The van der Waals surface area contributed by atoms with E-state index in [0.717, 1.165) is 19.6 Å². The maximum absolute atomic E-state index is 13.0. The molecular weight excluding hydrogens is 366 g/mol. The quantitative estimate of drug-likeness (QED) is 0.720. The summed E-state index contributed by atoms with van der Waals surface area (Å²) in [5.41, 5.74) is 0.352. The summed E-state index contributed by atoms with van der Waals surface area (Å²) in [5.74, 6) is -0.261. The number of nitrogens with one attached hydrogen (secondary N) is 1. The van der Waals surface area contributed by atoms with Crippen molar-refractivity contribution in [3.63, 3.8) is 0 Å². The molecule has 152 valence electrons. The summed E-state index contributed by atoms with van der Waals surface area (Å²) in [6.07, 6.45) is -0.315. The van der Waals surface area contributed by atoms with Crippen LogP contribution in [0.25, 0.3) is 0 Å². The van der Waals surface area contributed by atoms with E-state index in [1.807, 2.05) is 13.8 Å². The zero-order valence-corrected chi connectivity index (χ0v) is 17.5. The summed E-state index contributed by atoms with van der Waals surface area (Å²) >= 11 is 0. The number of rotatable bonds is 8. The lowest BCUT2D eigenvalue weighted by atomic mass is 10.2. The Morgan fingerprint density at radius 1 is 1.22 bits per heavy atom. The Hall–Kier alpha value is -1.48. The standard InChI is InChI=1S/C19H31N3O4S/c1-5-21(6-2)11-10-20-19(23)17-8-7-9-18(12-17)27(24,25)22-13-15(3)26-16(4)14-22/h7-9,12,15-16H,5-6,10-11,13-14H2,1-4H3,(H,20,23). The van der Waals surface area contributed by atoms with Crippen LogP contribution in [0.2, 0.25) is 0 Å². The number of nitrogens with zero attached hydrogens (tertiary/aromatic N) is 2. The molecule has 0 spiro atoms. The van der Waals surface area contributed by atoms with Gasteiger partial charge in [-0.1, -0.05) is 19.9 Å². The molecule has 2 rings (SSSR count). The van der Waals surface area contributed by atoms with Gasteiger partial charge in [0, 0.05) is 31.7 Å². The lowest BCUT2D eigenvalue weighted by Crippen LogP contribution is -2.48. The lowest BCUT2D eigenvalue weighted by molar-refractivity contribution is -0.0440. The van der Waals surface area contributed by atoms with Crippen molar-refractivity contribution < 1.29 is 17.9 Å². The second kappa shape index (κ2) is 9.64. The van der Waals surface area contributed by atoms with Crippen LogP contribution in [-0.4, -0.2) is 75.0 Å². The lowest BCUT2D eigenvalue weighted by Gasteiger charge is -2.34. The van der Waals surface area contributed by atoms with Crippen molar-refractivity contribution in [2.75, 3.05) is 39.3 Å². The second-order valence-corrected chi connectivity index (χ2v) is 8.83. The third-order valence-electron chi connectivity index (χ3n) is 4.73. The van der Waals surface area contributed by atoms with E-state index < -0.39 is 10.0 Å². The van der Waals surface area contributed by atoms with E-state index in [-0.39, 0.29) is 23.0 Å². The predicted octanol–water partition coefficient (Wildman–Crippen LogP) is 1.56. The molecule has 0 bridgehead atoms. The number of carbonyl (C=O) groups excluding carboxylic acids is 1. The van der Waals surface area contributed by atoms with E-state index in [1.54, 1.807) is 12.1 Å². The molecule has 7 nitrogen and oxygen atoms in total. The molecule has 1 aromatic rings. The minimum Gasteiger partial charge on any atom is -0.373 e. The fraction of sp³-hybridized carbons (Fsp3) is 0.632. The molecule has 1 aliphatic heterocycles. The zero-order valence-electron chi connectivity index (χ0n) is 16.6. The molecule has 2 atom stereocenters. The topological polar surface area (TPSA) is 79.0 Å². The third kappa shape index (κ3) is 5.75. The molecule has 0 aliphatic carbocycles. The number of sulfonamides is 1. The van der Waals surface area contributed by atoms with Crippen molar-refractivity contribution in [1.29, 1.82) is 0 Å². The molecule has 0 aromatic heterocycles. The first kappa shape index (κ1) is 21.8. The van der Waals surface area contributed by atoms with Crippen LogP contribution in [0, 0.1) is 0 Å². The van der Waals surface area contributed by atoms with Crippen molar-refractivity contribution in [1.82, 2.24) is 14.5 Å². The van der Waals surface area contributed by atoms with Crippen LogP contribution in [0.15, 0.2) is 29.2 Å². The molecule has 1 saturated heterocycles. The number of carbonyl (C=O) groups is 1. The Balaban J connectivity index is 2.08. The van der Waals surface area contributed by atoms with E-state index in [1.165, 1.54) is 16.4 Å². The number of hydrogen-bond donors (Lipinski definition) is 1. The van der Waals surface area contributed by atoms with Crippen LogP contribution < -0.4 is 5.32 Å². The van der Waals surface area contributed by atoms with E-state index in [4.69, 9.17) is 4.74 Å². The molecule has 0 radical (unpaired) electrons. The molecule has 1 amide bonds. The summed E-state index contributed by atoms with van der Waals surface area (Å²) in [6.45, 7) is 11.6. The summed E-state index contributed by atoms with van der Waals surface area (Å²) in [7, 11) is -3.66. The fourth-order valence-corrected chi connectivity index (χ4v) is 4.88. The van der Waals surface area contributed by atoms with Crippen LogP contribution in [0.5, 0.6) is 0 Å². The van der Waals surface area contributed by atoms with Crippen LogP contribution in [0.1, 0.15) is 38.1 Å². The highest BCUT2D eigenvalue weighted by molar-refractivity contribution is 7.89. The smallest absolute Gasteiger partial charge is 0.251 e. The van der Waals surface area contributed by atoms with Gasteiger partial charge in [0.2, 0.25) is 10.0 Å². The van der Waals surface area contributed by atoms with E-state index in [0.29, 0.717) is 25.2 Å². The maximum atomic E-state index is 13.0. The van der Waals surface area contributed by atoms with Gasteiger partial charge in [-0.3, -0.25) is 4.79 Å². The van der Waals surface area contributed by atoms with Gasteiger partial charge >= 0.3 is 0 Å². The summed E-state index contributed by atoms with van der Waals surface area (Å²) in [5, 5.41) is 2.86. The van der Waals surface area contributed by atoms with Gasteiger partial charge in [-0.25, -0.2) is 8.42 Å². The summed E-state index contributed by atoms with van der Waals surface area (Å²) < 4.78 is 33.0. The number of ether oxygens (including phenoxy) is 1. The van der Waals surface area contributed by atoms with Crippen molar-refractivity contribution in [2.24, 2.45) is 0 Å². The Bertz CT molecular complexity index is 724. The molecule has 1 heterocycles. The number of amides is 1. The average Bonchev–Trinajstić information content (AvgIpc) is 2.64. The molecular formula is C19H31N3O4S. The van der Waals surface area contributed by atoms with Gasteiger partial charge in [-0.15, -0.1) is 0 Å². The Labute approximate surface area is 162 Å². The van der Waals surface area contributed by atoms with Crippen LogP contribution in [0.4, 0.5) is 0 Å². The second-order valence-electron chi connectivity index (χ2n) is 6.89. The number of hydrogen-bond acceptors (Lipinski definition) is 5. The van der Waals surface area contributed by atoms with Gasteiger partial charge in [-0.05, 0) is 45.1 Å². The Morgan fingerprint density at radius 3 is 2.44 bits per heavy atom. The first-order chi connectivity index (χ1) is 12.8. The molecule has 2 unspecified atom stereocenters. The molecule has 1 aliphatic rings. The third-order valence-corrected chi connectivity index (χ3v) is 6.56. The Morgan fingerprint density at radius 2 is 1.85 bits per heavy atom. The van der Waals surface area contributed by atoms with Crippen molar-refractivity contribution in [3.8, 4) is 0 Å². The molecule has 1 N–H and O–H groups in total. The minimum atomic E-state index is -3.66. The largest absolute Gasteiger partial charge is 0.373 e. The van der Waals surface area contributed by atoms with Crippen molar-refractivity contribution in [2.45, 2.75) is 44.8 Å². The summed E-state index contributed by atoms with van der Waals surface area (Å²) in [4.78, 5) is 14.8. The average molecular weight is 398 g/mol. The van der Waals surface area contributed by atoms with E-state index in [9.17, 15) is 13.2 Å². The molecule has 0 saturated carbocycles. The van der Waals surface area contributed by atoms with Gasteiger partial charge in [0.05, 0.1) is 17.1 Å². The van der Waals surface area contributed by atoms with Gasteiger partial charge in [0.15, 0.2) is 0 Å². The van der Waals surface area contributed by atoms with Gasteiger partial charge in [0.25, 0.3) is 5.91 Å². The SMILES string of the molecule is CCN(CC)CCNC(=O)c1cccc(S(=O)(=O)N2CC(C)OC(C)C2)c1. The first-order valence-corrected chi connectivity index (χ1v) is 11.0. The monoisotopic (exact) mass is 397 g/mol. The predicted molar refractivity (Wildman–Crippen MR) is 105 cm³/mol. The highest BCUT2D eigenvalue weighted by Crippen LogP contribution is 2.21. The van der Waals surface area contributed by atoms with Crippen LogP contribution in [-0.2, 0) is 14.8 Å². The minimum absolute atomic E-state index is 0.139. The molecule has 8 heteroatoms. The fourth-order valence-electron chi connectivity index (χ4n) is 3.24. The normalized spacial score (nSPS) is 21.4. The van der Waals surface area contributed by atoms with Crippen molar-refractivity contribution >= 4 is 15.9 Å². The molecule has 1 aromatic carbocycles. The van der Waals surface area contributed by atoms with E-state index >= 15 is 0 Å². The van der Waals surface area contributed by atoms with Crippen LogP contribution in [0.3, 0.4) is 0 Å². The van der Waals surface area contributed by atoms with Crippen molar-refractivity contribution in [3.05, 3.63) is 29.8 Å². The van der Waals surface area contributed by atoms with Gasteiger partial charge in [-0.2, -0.15) is 4.31 Å². The number of benzene rings is 1. The number of morpholine rings is 1. The molecule has 27 heavy (non-hydrogen) atoms. The zero-order chi connectivity index (χ0) is 20.0. The first-order valence-electron chi connectivity index (χ1n) is 9.54. The summed E-state index contributed by atoms with van der Waals surface area (Å²) in [6, 6.07) is 6.23. The van der Waals surface area contributed by atoms with Gasteiger partial charge < -0.3 is 15.0 Å². The Kier molecular flexibility index (Phi) is 7.79. The number of likely N-dealkylation sites (N-methyl/N-ethyl adjacent to an activating group) is 1. The van der Waals surface area contributed by atoms with Gasteiger partial charge in [0.1, 0.15) is 0 Å². The molecule has 1 fully saturated rings. The maximum Gasteiger partial charge on any atom is 0.251 e. The van der Waals surface area contributed by atoms with Crippen LogP contribution >= 0.6 is 0 Å². The highest BCUT2D eigenvalue weighted by Gasteiger charge is 2.32. The highest BCUT2D eigenvalue weighted by atomic mass is 32.2. The van der Waals surface area contributed by atoms with E-state index in [2.05, 4.69) is 24.1 Å².